The molecule has 0 radical (unpaired) electrons. The second kappa shape index (κ2) is 12.7. The van der Waals surface area contributed by atoms with Gasteiger partial charge in [0, 0.05) is 17.1 Å². The number of nitrogens with zero attached hydrogens (tertiary/aromatic N) is 2. The zero-order chi connectivity index (χ0) is 28.0. The summed E-state index contributed by atoms with van der Waals surface area (Å²) < 4.78 is 43.9. The van der Waals surface area contributed by atoms with E-state index < -0.39 is 34.3 Å². The first-order chi connectivity index (χ1) is 18.7. The number of amides is 2. The largest absolute Gasteiger partial charge is 0.352 e. The third-order valence-corrected chi connectivity index (χ3v) is 9.11. The number of para-hydroxylation sites is 1. The predicted octanol–water partition coefficient (Wildman–Crippen LogP) is 5.26. The first-order valence-corrected chi connectivity index (χ1v) is 15.1. The lowest BCUT2D eigenvalue weighted by atomic mass is 10.1. The van der Waals surface area contributed by atoms with E-state index in [4.69, 9.17) is 0 Å². The molecule has 0 saturated heterocycles. The highest BCUT2D eigenvalue weighted by Crippen LogP contribution is 2.27. The molecule has 3 aromatic rings. The van der Waals surface area contributed by atoms with Crippen LogP contribution in [0.1, 0.15) is 38.2 Å². The van der Waals surface area contributed by atoms with Gasteiger partial charge in [-0.05, 0) is 61.7 Å². The lowest BCUT2D eigenvalue weighted by Gasteiger charge is -2.32. The second-order valence-electron chi connectivity index (χ2n) is 9.59. The molecule has 0 unspecified atom stereocenters. The fraction of sp³-hybridized carbons (Fsp3) is 0.310. The number of benzene rings is 3. The van der Waals surface area contributed by atoms with Gasteiger partial charge in [0.2, 0.25) is 11.8 Å². The van der Waals surface area contributed by atoms with E-state index in [9.17, 15) is 22.4 Å². The molecule has 0 bridgehead atoms. The highest BCUT2D eigenvalue weighted by molar-refractivity contribution is 9.10. The summed E-state index contributed by atoms with van der Waals surface area (Å²) in [5, 5.41) is 3.03. The van der Waals surface area contributed by atoms with Crippen molar-refractivity contribution in [1.29, 1.82) is 0 Å². The van der Waals surface area contributed by atoms with Gasteiger partial charge in [0.05, 0.1) is 10.6 Å². The summed E-state index contributed by atoms with van der Waals surface area (Å²) in [7, 11) is -4.31. The van der Waals surface area contributed by atoms with Crippen LogP contribution in [0.2, 0.25) is 0 Å². The van der Waals surface area contributed by atoms with Gasteiger partial charge in [0.25, 0.3) is 10.0 Å². The van der Waals surface area contributed by atoms with Crippen molar-refractivity contribution in [2.24, 2.45) is 0 Å². The molecule has 1 N–H and O–H groups in total. The Morgan fingerprint density at radius 3 is 2.33 bits per heavy atom. The van der Waals surface area contributed by atoms with Gasteiger partial charge in [-0.1, -0.05) is 71.2 Å². The number of hydrogen-bond donors (Lipinski definition) is 1. The highest BCUT2D eigenvalue weighted by Gasteiger charge is 2.34. The van der Waals surface area contributed by atoms with Crippen molar-refractivity contribution in [3.05, 3.63) is 94.7 Å². The molecule has 3 aromatic carbocycles. The Kier molecular flexibility index (Phi) is 9.40. The molecule has 2 amide bonds. The van der Waals surface area contributed by atoms with E-state index >= 15 is 0 Å². The zero-order valence-corrected chi connectivity index (χ0v) is 24.0. The SMILES string of the molecule is C[C@@H](C(=O)NC1CCCC1)N(Cc1cccc(Br)c1)C(=O)CN(c1ccccc1F)S(=O)(=O)c1ccccc1. The number of nitrogens with one attached hydrogen (secondary N) is 1. The van der Waals surface area contributed by atoms with Crippen molar-refractivity contribution in [2.45, 2.75) is 56.1 Å². The number of anilines is 1. The minimum atomic E-state index is -4.31. The third kappa shape index (κ3) is 7.05. The summed E-state index contributed by atoms with van der Waals surface area (Å²) in [6.07, 6.45) is 3.84. The smallest absolute Gasteiger partial charge is 0.264 e. The Labute approximate surface area is 237 Å². The van der Waals surface area contributed by atoms with Gasteiger partial charge in [-0.3, -0.25) is 13.9 Å². The number of sulfonamides is 1. The van der Waals surface area contributed by atoms with Crippen molar-refractivity contribution in [1.82, 2.24) is 10.2 Å². The maximum atomic E-state index is 14.9. The molecule has 0 heterocycles. The summed E-state index contributed by atoms with van der Waals surface area (Å²) >= 11 is 3.43. The average Bonchev–Trinajstić information content (AvgIpc) is 3.44. The van der Waals surface area contributed by atoms with Crippen LogP contribution in [0.15, 0.2) is 88.2 Å². The average molecular weight is 617 g/mol. The van der Waals surface area contributed by atoms with E-state index in [-0.39, 0.29) is 29.1 Å². The zero-order valence-electron chi connectivity index (χ0n) is 21.6. The van der Waals surface area contributed by atoms with Crippen LogP contribution in [-0.2, 0) is 26.2 Å². The van der Waals surface area contributed by atoms with Crippen LogP contribution in [0.5, 0.6) is 0 Å². The highest BCUT2D eigenvalue weighted by atomic mass is 79.9. The van der Waals surface area contributed by atoms with Crippen molar-refractivity contribution < 1.29 is 22.4 Å². The van der Waals surface area contributed by atoms with Gasteiger partial charge < -0.3 is 10.2 Å². The van der Waals surface area contributed by atoms with Crippen LogP contribution in [0, 0.1) is 5.82 Å². The Bertz CT molecular complexity index is 1410. The van der Waals surface area contributed by atoms with Gasteiger partial charge in [-0.15, -0.1) is 0 Å². The molecule has 1 aliphatic rings. The molecule has 0 spiro atoms. The Morgan fingerprint density at radius 2 is 1.67 bits per heavy atom. The topological polar surface area (TPSA) is 86.8 Å². The van der Waals surface area contributed by atoms with Gasteiger partial charge in [0.1, 0.15) is 18.4 Å². The summed E-state index contributed by atoms with van der Waals surface area (Å²) in [6.45, 7) is 1.00. The summed E-state index contributed by atoms with van der Waals surface area (Å²) in [6, 6.07) is 19.5. The fourth-order valence-electron chi connectivity index (χ4n) is 4.69. The molecule has 4 rings (SSSR count). The number of carbonyl (C=O) groups is 2. The number of halogens is 2. The Balaban J connectivity index is 1.69. The van der Waals surface area contributed by atoms with Crippen LogP contribution in [0.3, 0.4) is 0 Å². The number of carbonyl (C=O) groups excluding carboxylic acids is 2. The molecular weight excluding hydrogens is 585 g/mol. The maximum absolute atomic E-state index is 14.9. The van der Waals surface area contributed by atoms with Crippen LogP contribution in [-0.4, -0.2) is 43.8 Å². The fourth-order valence-corrected chi connectivity index (χ4v) is 6.58. The predicted molar refractivity (Wildman–Crippen MR) is 152 cm³/mol. The molecule has 1 atom stereocenters. The van der Waals surface area contributed by atoms with E-state index in [1.165, 1.54) is 35.2 Å². The van der Waals surface area contributed by atoms with Crippen LogP contribution in [0.4, 0.5) is 10.1 Å². The van der Waals surface area contributed by atoms with Crippen molar-refractivity contribution in [3.63, 3.8) is 0 Å². The van der Waals surface area contributed by atoms with Gasteiger partial charge in [0.15, 0.2) is 0 Å². The lowest BCUT2D eigenvalue weighted by Crippen LogP contribution is -2.52. The second-order valence-corrected chi connectivity index (χ2v) is 12.4. The third-order valence-electron chi connectivity index (χ3n) is 6.84. The summed E-state index contributed by atoms with van der Waals surface area (Å²) in [5.74, 6) is -1.73. The quantitative estimate of drug-likeness (QED) is 0.337. The first-order valence-electron chi connectivity index (χ1n) is 12.8. The Morgan fingerprint density at radius 1 is 1.00 bits per heavy atom. The van der Waals surface area contributed by atoms with Gasteiger partial charge in [-0.25, -0.2) is 12.8 Å². The van der Waals surface area contributed by atoms with Crippen molar-refractivity contribution >= 4 is 43.5 Å². The van der Waals surface area contributed by atoms with Crippen LogP contribution >= 0.6 is 15.9 Å². The molecule has 1 saturated carbocycles. The molecule has 10 heteroatoms. The molecule has 7 nitrogen and oxygen atoms in total. The monoisotopic (exact) mass is 615 g/mol. The van der Waals surface area contributed by atoms with E-state index in [1.54, 1.807) is 25.1 Å². The van der Waals surface area contributed by atoms with Crippen LogP contribution < -0.4 is 9.62 Å². The molecule has 0 aliphatic heterocycles. The summed E-state index contributed by atoms with van der Waals surface area (Å²) in [4.78, 5) is 28.4. The molecule has 39 heavy (non-hydrogen) atoms. The normalized spacial score (nSPS) is 14.5. The van der Waals surface area contributed by atoms with Crippen LogP contribution in [0.25, 0.3) is 0 Å². The molecule has 206 valence electrons. The van der Waals surface area contributed by atoms with Gasteiger partial charge >= 0.3 is 0 Å². The lowest BCUT2D eigenvalue weighted by molar-refractivity contribution is -0.139. The standard InChI is InChI=1S/C29H31BrFN3O4S/c1-21(29(36)32-24-12-5-6-13-24)33(19-22-10-9-11-23(30)18-22)28(35)20-34(27-17-8-7-16-26(27)31)39(37,38)25-14-3-2-4-15-25/h2-4,7-11,14-18,21,24H,5-6,12-13,19-20H2,1H3,(H,32,36)/t21-/m0/s1. The molecule has 1 aliphatic carbocycles. The minimum Gasteiger partial charge on any atom is -0.352 e. The van der Waals surface area contributed by atoms with E-state index in [2.05, 4.69) is 21.2 Å². The van der Waals surface area contributed by atoms with E-state index in [0.29, 0.717) is 0 Å². The number of hydrogen-bond acceptors (Lipinski definition) is 4. The van der Waals surface area contributed by atoms with Crippen molar-refractivity contribution in [2.75, 3.05) is 10.8 Å². The van der Waals surface area contributed by atoms with Crippen molar-refractivity contribution in [3.8, 4) is 0 Å². The molecule has 1 fully saturated rings. The molecule has 0 aromatic heterocycles. The molecular formula is C29H31BrFN3O4S. The van der Waals surface area contributed by atoms with E-state index in [0.717, 1.165) is 46.1 Å². The van der Waals surface area contributed by atoms with E-state index in [1.807, 2.05) is 24.3 Å². The minimum absolute atomic E-state index is 0.0520. The first kappa shape index (κ1) is 28.8. The van der Waals surface area contributed by atoms with Gasteiger partial charge in [-0.2, -0.15) is 0 Å². The maximum Gasteiger partial charge on any atom is 0.264 e. The Hall–Kier alpha value is -3.24. The number of rotatable bonds is 10. The summed E-state index contributed by atoms with van der Waals surface area (Å²) in [5.41, 5.74) is 0.502.